The normalized spacial score (nSPS) is 11.1. The third kappa shape index (κ3) is 3.50. The molecule has 0 aliphatic heterocycles. The number of nitrogens with zero attached hydrogens (tertiary/aromatic N) is 2. The van der Waals surface area contributed by atoms with Gasteiger partial charge in [0.25, 0.3) is 6.43 Å². The molecule has 3 nitrogen and oxygen atoms in total. The summed E-state index contributed by atoms with van der Waals surface area (Å²) in [5.74, 6) is 0. The number of nitrogens with one attached hydrogen (secondary N) is 1. The van der Waals surface area contributed by atoms with Crippen LogP contribution in [-0.4, -0.2) is 29.3 Å². The smallest absolute Gasteiger partial charge is 0.250 e. The van der Waals surface area contributed by atoms with E-state index in [1.54, 1.807) is 10.9 Å². The molecule has 0 aliphatic carbocycles. The molecule has 0 saturated carbocycles. The van der Waals surface area contributed by atoms with Crippen molar-refractivity contribution in [2.24, 2.45) is 7.05 Å². The standard InChI is InChI=1S/C8H13F2N3/c1-13-7(3-5-12-13)2-4-11-6-8(9)10/h3,5,8,11H,2,4,6H2,1H3. The van der Waals surface area contributed by atoms with E-state index in [9.17, 15) is 8.78 Å². The van der Waals surface area contributed by atoms with Gasteiger partial charge in [0.15, 0.2) is 0 Å². The zero-order chi connectivity index (χ0) is 9.68. The molecule has 1 N–H and O–H groups in total. The zero-order valence-electron chi connectivity index (χ0n) is 7.50. The van der Waals surface area contributed by atoms with Gasteiger partial charge >= 0.3 is 0 Å². The van der Waals surface area contributed by atoms with Crippen molar-refractivity contribution in [2.75, 3.05) is 13.1 Å². The van der Waals surface area contributed by atoms with Crippen molar-refractivity contribution in [1.82, 2.24) is 15.1 Å². The van der Waals surface area contributed by atoms with Crippen LogP contribution < -0.4 is 5.32 Å². The highest BCUT2D eigenvalue weighted by molar-refractivity contribution is 5.00. The second-order valence-electron chi connectivity index (χ2n) is 2.79. The van der Waals surface area contributed by atoms with E-state index in [2.05, 4.69) is 10.4 Å². The Labute approximate surface area is 75.7 Å². The van der Waals surface area contributed by atoms with Crippen LogP contribution in [0.25, 0.3) is 0 Å². The van der Waals surface area contributed by atoms with E-state index in [0.717, 1.165) is 12.1 Å². The number of aryl methyl sites for hydroxylation is 1. The first kappa shape index (κ1) is 10.1. The summed E-state index contributed by atoms with van der Waals surface area (Å²) in [7, 11) is 1.84. The third-order valence-electron chi connectivity index (χ3n) is 1.78. The molecule has 0 amide bonds. The molecular weight excluding hydrogens is 176 g/mol. The number of hydrogen-bond donors (Lipinski definition) is 1. The molecular formula is C8H13F2N3. The first-order valence-electron chi connectivity index (χ1n) is 4.16. The van der Waals surface area contributed by atoms with Gasteiger partial charge in [0, 0.05) is 31.9 Å². The van der Waals surface area contributed by atoms with Gasteiger partial charge in [0.1, 0.15) is 0 Å². The van der Waals surface area contributed by atoms with Gasteiger partial charge in [-0.15, -0.1) is 0 Å². The minimum Gasteiger partial charge on any atom is -0.311 e. The Morgan fingerprint density at radius 1 is 1.62 bits per heavy atom. The molecule has 1 aromatic rings. The average molecular weight is 189 g/mol. The van der Waals surface area contributed by atoms with Crippen LogP contribution in [0.15, 0.2) is 12.3 Å². The van der Waals surface area contributed by atoms with E-state index >= 15 is 0 Å². The fourth-order valence-corrected chi connectivity index (χ4v) is 1.07. The summed E-state index contributed by atoms with van der Waals surface area (Å²) in [5.41, 5.74) is 1.04. The van der Waals surface area contributed by atoms with Gasteiger partial charge in [-0.25, -0.2) is 8.78 Å². The van der Waals surface area contributed by atoms with E-state index in [4.69, 9.17) is 0 Å². The van der Waals surface area contributed by atoms with Crippen LogP contribution in [0.3, 0.4) is 0 Å². The van der Waals surface area contributed by atoms with Crippen molar-refractivity contribution in [3.63, 3.8) is 0 Å². The molecule has 0 radical (unpaired) electrons. The number of hydrogen-bond acceptors (Lipinski definition) is 2. The molecule has 13 heavy (non-hydrogen) atoms. The molecule has 1 heterocycles. The quantitative estimate of drug-likeness (QED) is 0.695. The molecule has 0 saturated heterocycles. The molecule has 0 aromatic carbocycles. The molecule has 1 aromatic heterocycles. The van der Waals surface area contributed by atoms with Gasteiger partial charge in [-0.2, -0.15) is 5.10 Å². The lowest BCUT2D eigenvalue weighted by Gasteiger charge is -2.03. The number of rotatable bonds is 5. The number of alkyl halides is 2. The number of aromatic nitrogens is 2. The Kier molecular flexibility index (Phi) is 3.82. The van der Waals surface area contributed by atoms with Crippen molar-refractivity contribution in [2.45, 2.75) is 12.8 Å². The lowest BCUT2D eigenvalue weighted by atomic mass is 10.3. The third-order valence-corrected chi connectivity index (χ3v) is 1.78. The van der Waals surface area contributed by atoms with E-state index < -0.39 is 6.43 Å². The van der Waals surface area contributed by atoms with Crippen LogP contribution in [0.1, 0.15) is 5.69 Å². The monoisotopic (exact) mass is 189 g/mol. The summed E-state index contributed by atoms with van der Waals surface area (Å²) in [5, 5.41) is 6.63. The first-order chi connectivity index (χ1) is 6.20. The van der Waals surface area contributed by atoms with Crippen molar-refractivity contribution < 1.29 is 8.78 Å². The van der Waals surface area contributed by atoms with Gasteiger partial charge in [0.2, 0.25) is 0 Å². The Bertz CT molecular complexity index is 247. The van der Waals surface area contributed by atoms with Crippen LogP contribution in [0.4, 0.5) is 8.78 Å². The maximum atomic E-state index is 11.7. The Balaban J connectivity index is 2.17. The summed E-state index contributed by atoms with van der Waals surface area (Å²) in [4.78, 5) is 0. The molecule has 74 valence electrons. The van der Waals surface area contributed by atoms with Gasteiger partial charge in [0.05, 0.1) is 6.54 Å². The molecule has 0 unspecified atom stereocenters. The molecule has 1 rings (SSSR count). The minimum atomic E-state index is -2.27. The summed E-state index contributed by atoms with van der Waals surface area (Å²) in [6, 6.07) is 1.88. The van der Waals surface area contributed by atoms with Gasteiger partial charge in [-0.05, 0) is 6.07 Å². The number of halogens is 2. The van der Waals surface area contributed by atoms with Crippen LogP contribution in [0, 0.1) is 0 Å². The van der Waals surface area contributed by atoms with Crippen molar-refractivity contribution >= 4 is 0 Å². The van der Waals surface area contributed by atoms with Crippen LogP contribution >= 0.6 is 0 Å². The topological polar surface area (TPSA) is 29.9 Å². The van der Waals surface area contributed by atoms with Crippen LogP contribution in [0.2, 0.25) is 0 Å². The van der Waals surface area contributed by atoms with Gasteiger partial charge in [-0.1, -0.05) is 0 Å². The Morgan fingerprint density at radius 2 is 2.38 bits per heavy atom. The maximum Gasteiger partial charge on any atom is 0.250 e. The Hall–Kier alpha value is -0.970. The largest absolute Gasteiger partial charge is 0.311 e. The van der Waals surface area contributed by atoms with Crippen molar-refractivity contribution in [3.05, 3.63) is 18.0 Å². The lowest BCUT2D eigenvalue weighted by molar-refractivity contribution is 0.146. The summed E-state index contributed by atoms with van der Waals surface area (Å²) >= 11 is 0. The summed E-state index contributed by atoms with van der Waals surface area (Å²) in [6.45, 7) is 0.321. The van der Waals surface area contributed by atoms with E-state index in [0.29, 0.717) is 6.54 Å². The highest BCUT2D eigenvalue weighted by Crippen LogP contribution is 1.96. The second kappa shape index (κ2) is 4.91. The average Bonchev–Trinajstić information content (AvgIpc) is 2.45. The molecule has 0 bridgehead atoms. The van der Waals surface area contributed by atoms with Crippen molar-refractivity contribution in [1.29, 1.82) is 0 Å². The molecule has 0 atom stereocenters. The van der Waals surface area contributed by atoms with E-state index in [-0.39, 0.29) is 6.54 Å². The summed E-state index contributed by atoms with van der Waals surface area (Å²) in [6.07, 6.45) is 0.151. The van der Waals surface area contributed by atoms with Crippen LogP contribution in [0.5, 0.6) is 0 Å². The van der Waals surface area contributed by atoms with Gasteiger partial charge < -0.3 is 5.32 Å². The SMILES string of the molecule is Cn1nccc1CCNCC(F)F. The molecule has 0 fully saturated rings. The molecule has 0 spiro atoms. The fraction of sp³-hybridized carbons (Fsp3) is 0.625. The van der Waals surface area contributed by atoms with Crippen molar-refractivity contribution in [3.8, 4) is 0 Å². The second-order valence-corrected chi connectivity index (χ2v) is 2.79. The van der Waals surface area contributed by atoms with Crippen LogP contribution in [-0.2, 0) is 13.5 Å². The maximum absolute atomic E-state index is 11.7. The molecule has 5 heteroatoms. The zero-order valence-corrected chi connectivity index (χ0v) is 7.50. The minimum absolute atomic E-state index is 0.238. The highest BCUT2D eigenvalue weighted by atomic mass is 19.3. The first-order valence-corrected chi connectivity index (χ1v) is 4.16. The predicted octanol–water partition coefficient (Wildman–Crippen LogP) is 0.817. The Morgan fingerprint density at radius 3 is 2.92 bits per heavy atom. The fourth-order valence-electron chi connectivity index (χ4n) is 1.07. The van der Waals surface area contributed by atoms with E-state index in [1.807, 2.05) is 13.1 Å². The molecule has 0 aliphatic rings. The van der Waals surface area contributed by atoms with E-state index in [1.165, 1.54) is 0 Å². The highest BCUT2D eigenvalue weighted by Gasteiger charge is 2.01. The lowest BCUT2D eigenvalue weighted by Crippen LogP contribution is -2.24. The van der Waals surface area contributed by atoms with Gasteiger partial charge in [-0.3, -0.25) is 4.68 Å². The summed E-state index contributed by atoms with van der Waals surface area (Å²) < 4.78 is 25.1. The predicted molar refractivity (Wildman–Crippen MR) is 45.8 cm³/mol.